The van der Waals surface area contributed by atoms with Crippen molar-refractivity contribution in [3.63, 3.8) is 0 Å². The molecule has 0 bridgehead atoms. The van der Waals surface area contributed by atoms with Gasteiger partial charge in [-0.15, -0.1) is 11.3 Å². The van der Waals surface area contributed by atoms with Gasteiger partial charge in [0, 0.05) is 45.0 Å². The average molecular weight is 369 g/mol. The summed E-state index contributed by atoms with van der Waals surface area (Å²) in [6.07, 6.45) is 5.33. The fraction of sp³-hybridized carbons (Fsp3) is 0.333. The zero-order valence-electron chi connectivity index (χ0n) is 14.2. The van der Waals surface area contributed by atoms with Crippen LogP contribution in [-0.2, 0) is 11.3 Å². The zero-order chi connectivity index (χ0) is 17.9. The number of aromatic nitrogens is 3. The number of aryl methyl sites for hydroxylation is 1. The molecule has 0 saturated carbocycles. The second-order valence-corrected chi connectivity index (χ2v) is 7.12. The maximum absolute atomic E-state index is 12.8. The molecule has 0 radical (unpaired) electrons. The predicted molar refractivity (Wildman–Crippen MR) is 100 cm³/mol. The fourth-order valence-corrected chi connectivity index (χ4v) is 4.01. The van der Waals surface area contributed by atoms with E-state index in [4.69, 9.17) is 0 Å². The van der Waals surface area contributed by atoms with Crippen LogP contribution in [0.3, 0.4) is 0 Å². The van der Waals surface area contributed by atoms with Gasteiger partial charge in [0.05, 0.1) is 17.8 Å². The summed E-state index contributed by atoms with van der Waals surface area (Å²) in [4.78, 5) is 36.3. The van der Waals surface area contributed by atoms with E-state index in [1.165, 1.54) is 22.2 Å². The second kappa shape index (κ2) is 7.35. The van der Waals surface area contributed by atoms with Crippen LogP contribution >= 0.6 is 11.3 Å². The van der Waals surface area contributed by atoms with Gasteiger partial charge in [0.15, 0.2) is 0 Å². The van der Waals surface area contributed by atoms with Gasteiger partial charge >= 0.3 is 0 Å². The highest BCUT2D eigenvalue weighted by atomic mass is 32.1. The highest BCUT2D eigenvalue weighted by Crippen LogP contribution is 2.22. The molecule has 3 aromatic heterocycles. The number of nitrogens with zero attached hydrogens (tertiary/aromatic N) is 4. The van der Waals surface area contributed by atoms with E-state index >= 15 is 0 Å². The van der Waals surface area contributed by atoms with Crippen LogP contribution in [-0.4, -0.2) is 45.0 Å². The third-order valence-corrected chi connectivity index (χ3v) is 5.47. The molecule has 1 saturated heterocycles. The van der Waals surface area contributed by atoms with Crippen LogP contribution in [0.25, 0.3) is 10.2 Å². The minimum atomic E-state index is -0.0897. The number of pyridine rings is 1. The minimum absolute atomic E-state index is 0.0286. The molecule has 4 rings (SSSR count). The normalized spacial score (nSPS) is 17.5. The van der Waals surface area contributed by atoms with E-state index in [0.29, 0.717) is 25.0 Å². The second-order valence-electron chi connectivity index (χ2n) is 6.23. The number of hydrogen-bond donors (Lipinski definition) is 1. The van der Waals surface area contributed by atoms with E-state index in [0.717, 1.165) is 16.9 Å². The first-order valence-corrected chi connectivity index (χ1v) is 9.45. The molecule has 1 atom stereocenters. The lowest BCUT2D eigenvalue weighted by atomic mass is 10.0. The van der Waals surface area contributed by atoms with E-state index < -0.39 is 0 Å². The van der Waals surface area contributed by atoms with Gasteiger partial charge in [-0.2, -0.15) is 0 Å². The smallest absolute Gasteiger partial charge is 0.262 e. The third kappa shape index (κ3) is 3.25. The van der Waals surface area contributed by atoms with Crippen molar-refractivity contribution in [1.82, 2.24) is 24.8 Å². The number of rotatable bonds is 4. The number of piperazine rings is 1. The third-order valence-electron chi connectivity index (χ3n) is 4.65. The molecular formula is C18H19N5O2S. The van der Waals surface area contributed by atoms with Gasteiger partial charge in [0.1, 0.15) is 4.83 Å². The van der Waals surface area contributed by atoms with Crippen molar-refractivity contribution in [2.45, 2.75) is 19.0 Å². The molecular weight excluding hydrogens is 350 g/mol. The molecule has 1 amide bonds. The molecule has 1 aliphatic rings. The molecule has 0 spiro atoms. The maximum Gasteiger partial charge on any atom is 0.262 e. The van der Waals surface area contributed by atoms with Crippen LogP contribution in [0.4, 0.5) is 0 Å². The van der Waals surface area contributed by atoms with Crippen molar-refractivity contribution >= 4 is 27.5 Å². The molecule has 1 unspecified atom stereocenters. The van der Waals surface area contributed by atoms with Gasteiger partial charge in [0.2, 0.25) is 5.91 Å². The van der Waals surface area contributed by atoms with E-state index in [1.54, 1.807) is 18.5 Å². The van der Waals surface area contributed by atoms with Gasteiger partial charge in [-0.1, -0.05) is 6.07 Å². The molecule has 4 heterocycles. The first-order valence-electron chi connectivity index (χ1n) is 8.57. The van der Waals surface area contributed by atoms with E-state index in [-0.39, 0.29) is 23.9 Å². The molecule has 26 heavy (non-hydrogen) atoms. The summed E-state index contributed by atoms with van der Waals surface area (Å²) in [6, 6.07) is 5.62. The highest BCUT2D eigenvalue weighted by molar-refractivity contribution is 7.16. The number of nitrogens with one attached hydrogen (secondary N) is 1. The summed E-state index contributed by atoms with van der Waals surface area (Å²) in [5.41, 5.74) is 0.930. The molecule has 1 N–H and O–H groups in total. The Kier molecular flexibility index (Phi) is 4.77. The van der Waals surface area contributed by atoms with Crippen LogP contribution in [0.15, 0.2) is 47.1 Å². The number of carbonyl (C=O) groups excluding carboxylic acids is 1. The Morgan fingerprint density at radius 2 is 2.31 bits per heavy atom. The standard InChI is InChI=1S/C18H19N5O2S/c24-16(3-7-22-12-21-17-14(18(22)25)4-9-26-17)23-8-6-20-11-15(23)13-2-1-5-19-10-13/h1-2,4-5,9-10,12,15,20H,3,6-8,11H2. The Labute approximate surface area is 154 Å². The first-order chi connectivity index (χ1) is 12.7. The van der Waals surface area contributed by atoms with Crippen LogP contribution in [0.1, 0.15) is 18.0 Å². The molecule has 0 aliphatic carbocycles. The molecule has 8 heteroatoms. The van der Waals surface area contributed by atoms with Crippen LogP contribution < -0.4 is 10.9 Å². The molecule has 0 aromatic carbocycles. The van der Waals surface area contributed by atoms with Crippen molar-refractivity contribution in [1.29, 1.82) is 0 Å². The van der Waals surface area contributed by atoms with Crippen molar-refractivity contribution < 1.29 is 4.79 Å². The predicted octanol–water partition coefficient (Wildman–Crippen LogP) is 1.42. The fourth-order valence-electron chi connectivity index (χ4n) is 3.29. The Bertz CT molecular complexity index is 968. The Morgan fingerprint density at radius 1 is 1.38 bits per heavy atom. The van der Waals surface area contributed by atoms with Crippen molar-refractivity contribution in [2.24, 2.45) is 0 Å². The molecule has 3 aromatic rings. The number of hydrogen-bond acceptors (Lipinski definition) is 6. The van der Waals surface area contributed by atoms with E-state index in [9.17, 15) is 9.59 Å². The topological polar surface area (TPSA) is 80.1 Å². The maximum atomic E-state index is 12.8. The van der Waals surface area contributed by atoms with E-state index in [2.05, 4.69) is 15.3 Å². The first kappa shape index (κ1) is 16.9. The monoisotopic (exact) mass is 369 g/mol. The van der Waals surface area contributed by atoms with Gasteiger partial charge in [-0.05, 0) is 23.1 Å². The van der Waals surface area contributed by atoms with Gasteiger partial charge in [-0.3, -0.25) is 19.1 Å². The summed E-state index contributed by atoms with van der Waals surface area (Å²) >= 11 is 1.44. The van der Waals surface area contributed by atoms with Crippen LogP contribution in [0.5, 0.6) is 0 Å². The summed E-state index contributed by atoms with van der Waals surface area (Å²) in [7, 11) is 0. The van der Waals surface area contributed by atoms with Crippen molar-refractivity contribution in [2.75, 3.05) is 19.6 Å². The largest absolute Gasteiger partial charge is 0.333 e. The Morgan fingerprint density at radius 3 is 3.15 bits per heavy atom. The van der Waals surface area contributed by atoms with Crippen molar-refractivity contribution in [3.8, 4) is 0 Å². The summed E-state index contributed by atoms with van der Waals surface area (Å²) in [6.45, 7) is 2.46. The minimum Gasteiger partial charge on any atom is -0.333 e. The van der Waals surface area contributed by atoms with Crippen molar-refractivity contribution in [3.05, 3.63) is 58.2 Å². The number of fused-ring (bicyclic) bond motifs is 1. The molecule has 1 aliphatic heterocycles. The summed E-state index contributed by atoms with van der Waals surface area (Å²) < 4.78 is 1.52. The lowest BCUT2D eigenvalue weighted by molar-refractivity contribution is -0.134. The number of thiophene rings is 1. The van der Waals surface area contributed by atoms with Crippen LogP contribution in [0.2, 0.25) is 0 Å². The number of carbonyl (C=O) groups is 1. The zero-order valence-corrected chi connectivity index (χ0v) is 15.0. The summed E-state index contributed by atoms with van der Waals surface area (Å²) in [5, 5.41) is 5.80. The Balaban J connectivity index is 1.49. The van der Waals surface area contributed by atoms with E-state index in [1.807, 2.05) is 22.4 Å². The molecule has 134 valence electrons. The molecule has 7 nitrogen and oxygen atoms in total. The quantitative estimate of drug-likeness (QED) is 0.752. The average Bonchev–Trinajstić information content (AvgIpc) is 3.18. The summed E-state index contributed by atoms with van der Waals surface area (Å²) in [5.74, 6) is 0.0395. The SMILES string of the molecule is O=C(CCn1cnc2sccc2c1=O)N1CCNCC1c1cccnc1. The van der Waals surface area contributed by atoms with Gasteiger partial charge in [0.25, 0.3) is 5.56 Å². The van der Waals surface area contributed by atoms with Crippen LogP contribution in [0, 0.1) is 0 Å². The van der Waals surface area contributed by atoms with Gasteiger partial charge in [-0.25, -0.2) is 4.98 Å². The lowest BCUT2D eigenvalue weighted by Crippen LogP contribution is -2.49. The van der Waals surface area contributed by atoms with Gasteiger partial charge < -0.3 is 10.2 Å². The highest BCUT2D eigenvalue weighted by Gasteiger charge is 2.27. The number of amides is 1. The molecule has 1 fully saturated rings. The Hall–Kier alpha value is -2.58. The lowest BCUT2D eigenvalue weighted by Gasteiger charge is -2.36.